The van der Waals surface area contributed by atoms with E-state index in [1.807, 2.05) is 0 Å². The lowest BCUT2D eigenvalue weighted by Crippen LogP contribution is -2.21. The number of methoxy groups -OCH3 is 1. The highest BCUT2D eigenvalue weighted by molar-refractivity contribution is 5.70. The van der Waals surface area contributed by atoms with Crippen LogP contribution in [0.15, 0.2) is 18.2 Å². The highest BCUT2D eigenvalue weighted by Crippen LogP contribution is 2.20. The third-order valence-corrected chi connectivity index (χ3v) is 2.43. The van der Waals surface area contributed by atoms with Gasteiger partial charge in [-0.1, -0.05) is 6.07 Å². The summed E-state index contributed by atoms with van der Waals surface area (Å²) in [5.41, 5.74) is 6.40. The Kier molecular flexibility index (Phi) is 6.24. The van der Waals surface area contributed by atoms with E-state index in [-0.39, 0.29) is 19.0 Å². The minimum atomic E-state index is -0.519. The van der Waals surface area contributed by atoms with Crippen LogP contribution in [0, 0.1) is 5.82 Å². The van der Waals surface area contributed by atoms with Gasteiger partial charge < -0.3 is 19.9 Å². The summed E-state index contributed by atoms with van der Waals surface area (Å²) in [4.78, 5) is 11.0. The molecule has 1 unspecified atom stereocenters. The third-order valence-electron chi connectivity index (χ3n) is 2.43. The zero-order valence-corrected chi connectivity index (χ0v) is 11.0. The average molecular weight is 271 g/mol. The summed E-state index contributed by atoms with van der Waals surface area (Å²) in [6.07, 6.45) is 0. The van der Waals surface area contributed by atoms with E-state index >= 15 is 0 Å². The lowest BCUT2D eigenvalue weighted by atomic mass is 10.1. The molecule has 0 heterocycles. The Hall–Kier alpha value is -1.66. The molecule has 0 aromatic heterocycles. The van der Waals surface area contributed by atoms with Gasteiger partial charge in [-0.3, -0.25) is 0 Å². The topological polar surface area (TPSA) is 70.8 Å². The van der Waals surface area contributed by atoms with E-state index in [4.69, 9.17) is 19.9 Å². The van der Waals surface area contributed by atoms with Crippen LogP contribution in [0.5, 0.6) is 5.75 Å². The van der Waals surface area contributed by atoms with E-state index in [1.54, 1.807) is 13.0 Å². The molecule has 19 heavy (non-hydrogen) atoms. The molecule has 1 rings (SSSR count). The maximum atomic E-state index is 13.5. The van der Waals surface area contributed by atoms with Gasteiger partial charge in [-0.2, -0.15) is 0 Å². The summed E-state index contributed by atoms with van der Waals surface area (Å²) in [5.74, 6) is -0.778. The normalized spacial score (nSPS) is 12.0. The Morgan fingerprint density at radius 2 is 2.21 bits per heavy atom. The van der Waals surface area contributed by atoms with Gasteiger partial charge in [-0.25, -0.2) is 9.18 Å². The molecule has 5 nitrogen and oxygen atoms in total. The Morgan fingerprint density at radius 3 is 2.79 bits per heavy atom. The number of esters is 1. The number of nitrogens with two attached hydrogens (primary N) is 1. The monoisotopic (exact) mass is 271 g/mol. The van der Waals surface area contributed by atoms with E-state index < -0.39 is 17.8 Å². The fraction of sp³-hybridized carbons (Fsp3) is 0.462. The van der Waals surface area contributed by atoms with E-state index in [0.717, 1.165) is 0 Å². The zero-order valence-electron chi connectivity index (χ0n) is 11.0. The molecule has 0 bridgehead atoms. The first kappa shape index (κ1) is 15.4. The van der Waals surface area contributed by atoms with E-state index in [1.165, 1.54) is 19.2 Å². The van der Waals surface area contributed by atoms with Crippen molar-refractivity contribution in [3.63, 3.8) is 0 Å². The molecule has 6 heteroatoms. The molecular weight excluding hydrogens is 253 g/mol. The van der Waals surface area contributed by atoms with Crippen LogP contribution in [0.3, 0.4) is 0 Å². The molecule has 0 radical (unpaired) electrons. The van der Waals surface area contributed by atoms with Crippen molar-refractivity contribution < 1.29 is 23.4 Å². The van der Waals surface area contributed by atoms with Crippen LogP contribution in [0.4, 0.5) is 4.39 Å². The number of carbonyl (C=O) groups is 1. The van der Waals surface area contributed by atoms with Crippen LogP contribution in [-0.2, 0) is 14.3 Å². The van der Waals surface area contributed by atoms with Gasteiger partial charge in [0.2, 0.25) is 0 Å². The van der Waals surface area contributed by atoms with Crippen LogP contribution >= 0.6 is 0 Å². The van der Waals surface area contributed by atoms with Crippen LogP contribution in [0.1, 0.15) is 18.5 Å². The van der Waals surface area contributed by atoms with Gasteiger partial charge in [-0.15, -0.1) is 0 Å². The third kappa shape index (κ3) is 4.84. The van der Waals surface area contributed by atoms with E-state index in [0.29, 0.717) is 12.2 Å². The minimum absolute atomic E-state index is 0.102. The number of ether oxygens (including phenoxy) is 3. The molecule has 1 aromatic rings. The molecule has 0 saturated carbocycles. The molecule has 106 valence electrons. The van der Waals surface area contributed by atoms with Crippen LogP contribution < -0.4 is 10.5 Å². The fourth-order valence-electron chi connectivity index (χ4n) is 1.48. The number of carbonyl (C=O) groups excluding carboxylic acids is 1. The van der Waals surface area contributed by atoms with Gasteiger partial charge >= 0.3 is 5.97 Å². The van der Waals surface area contributed by atoms with Crippen molar-refractivity contribution in [3.8, 4) is 5.75 Å². The van der Waals surface area contributed by atoms with Crippen LogP contribution in [-0.4, -0.2) is 32.9 Å². The van der Waals surface area contributed by atoms with Gasteiger partial charge in [0, 0.05) is 0 Å². The van der Waals surface area contributed by atoms with Gasteiger partial charge in [0.15, 0.2) is 11.6 Å². The summed E-state index contributed by atoms with van der Waals surface area (Å²) < 4.78 is 28.1. The Morgan fingerprint density at radius 1 is 1.47 bits per heavy atom. The maximum Gasteiger partial charge on any atom is 0.332 e. The van der Waals surface area contributed by atoms with Crippen molar-refractivity contribution in [2.45, 2.75) is 13.0 Å². The summed E-state index contributed by atoms with van der Waals surface area (Å²) >= 11 is 0. The van der Waals surface area contributed by atoms with Crippen molar-refractivity contribution in [1.82, 2.24) is 0 Å². The molecule has 0 aliphatic rings. The van der Waals surface area contributed by atoms with Gasteiger partial charge in [0.05, 0.1) is 26.4 Å². The average Bonchev–Trinajstić information content (AvgIpc) is 2.38. The highest BCUT2D eigenvalue weighted by atomic mass is 19.1. The quantitative estimate of drug-likeness (QED) is 0.759. The van der Waals surface area contributed by atoms with Crippen molar-refractivity contribution in [2.75, 3.05) is 26.9 Å². The standard InChI is InChI=1S/C13H18FNO4/c1-3-19-13(16)8-18-7-11(15)9-4-5-12(17-2)10(14)6-9/h4-6,11H,3,7-8,15H2,1-2H3. The Balaban J connectivity index is 2.47. The first-order valence-corrected chi connectivity index (χ1v) is 5.90. The molecular formula is C13H18FNO4. The largest absolute Gasteiger partial charge is 0.494 e. The van der Waals surface area contributed by atoms with Crippen molar-refractivity contribution >= 4 is 5.97 Å². The Labute approximate surface area is 111 Å². The van der Waals surface area contributed by atoms with Crippen molar-refractivity contribution in [1.29, 1.82) is 0 Å². The fourth-order valence-corrected chi connectivity index (χ4v) is 1.48. The predicted molar refractivity (Wildman–Crippen MR) is 67.3 cm³/mol. The molecule has 0 aliphatic heterocycles. The number of hydrogen-bond donors (Lipinski definition) is 1. The molecule has 1 aromatic carbocycles. The number of benzene rings is 1. The smallest absolute Gasteiger partial charge is 0.332 e. The number of rotatable bonds is 7. The lowest BCUT2D eigenvalue weighted by Gasteiger charge is -2.13. The second-order valence-electron chi connectivity index (χ2n) is 3.82. The van der Waals surface area contributed by atoms with Crippen molar-refractivity contribution in [3.05, 3.63) is 29.6 Å². The summed E-state index contributed by atoms with van der Waals surface area (Å²) in [6.45, 7) is 1.95. The van der Waals surface area contributed by atoms with Gasteiger partial charge in [-0.05, 0) is 24.6 Å². The molecule has 2 N–H and O–H groups in total. The lowest BCUT2D eigenvalue weighted by molar-refractivity contribution is -0.148. The first-order valence-electron chi connectivity index (χ1n) is 5.90. The second-order valence-corrected chi connectivity index (χ2v) is 3.82. The van der Waals surface area contributed by atoms with Crippen LogP contribution in [0.25, 0.3) is 0 Å². The van der Waals surface area contributed by atoms with Gasteiger partial charge in [0.1, 0.15) is 6.61 Å². The second kappa shape index (κ2) is 7.70. The zero-order chi connectivity index (χ0) is 14.3. The van der Waals surface area contributed by atoms with Crippen molar-refractivity contribution in [2.24, 2.45) is 5.73 Å². The minimum Gasteiger partial charge on any atom is -0.494 e. The number of hydrogen-bond acceptors (Lipinski definition) is 5. The molecule has 0 amide bonds. The van der Waals surface area contributed by atoms with Crippen LogP contribution in [0.2, 0.25) is 0 Å². The molecule has 0 aliphatic carbocycles. The summed E-state index contributed by atoms with van der Waals surface area (Å²) in [7, 11) is 1.39. The highest BCUT2D eigenvalue weighted by Gasteiger charge is 2.11. The molecule has 1 atom stereocenters. The Bertz CT molecular complexity index is 425. The molecule has 0 fully saturated rings. The molecule has 0 saturated heterocycles. The predicted octanol–water partition coefficient (Wildman–Crippen LogP) is 1.41. The number of halogens is 1. The van der Waals surface area contributed by atoms with E-state index in [2.05, 4.69) is 0 Å². The first-order chi connectivity index (χ1) is 9.08. The van der Waals surface area contributed by atoms with E-state index in [9.17, 15) is 9.18 Å². The summed E-state index contributed by atoms with van der Waals surface area (Å²) in [5, 5.41) is 0. The maximum absolute atomic E-state index is 13.5. The SMILES string of the molecule is CCOC(=O)COCC(N)c1ccc(OC)c(F)c1. The summed E-state index contributed by atoms with van der Waals surface area (Å²) in [6, 6.07) is 3.92. The molecule has 0 spiro atoms. The van der Waals surface area contributed by atoms with Gasteiger partial charge in [0.25, 0.3) is 0 Å².